The first kappa shape index (κ1) is 55.9. The van der Waals surface area contributed by atoms with Crippen molar-refractivity contribution in [2.45, 2.75) is 19.3 Å². The molecule has 16 aromatic rings. The molecule has 9 nitrogen and oxygen atoms in total. The molecule has 10 heteroatoms. The summed E-state index contributed by atoms with van der Waals surface area (Å²) in [7, 11) is 0. The second-order valence-electron chi connectivity index (χ2n) is 25.7. The maximum absolute atomic E-state index is 5.73. The normalized spacial score (nSPS) is 13.1. The van der Waals surface area contributed by atoms with Gasteiger partial charge in [0.05, 0.1) is 22.4 Å². The van der Waals surface area contributed by atoms with Gasteiger partial charge < -0.3 is 14.4 Å². The molecule has 0 spiro atoms. The van der Waals surface area contributed by atoms with Crippen LogP contribution >= 0.6 is 0 Å². The molecule has 3 aliphatic rings. The molecule has 19 rings (SSSR count). The van der Waals surface area contributed by atoms with E-state index in [2.05, 4.69) is 265 Å². The van der Waals surface area contributed by atoms with Crippen LogP contribution in [-0.4, -0.2) is 41.2 Å². The Balaban J connectivity index is 0.854. The fourth-order valence-electron chi connectivity index (χ4n) is 15.4. The van der Waals surface area contributed by atoms with Crippen LogP contribution in [0.3, 0.4) is 0 Å². The predicted molar refractivity (Wildman–Crippen MR) is 397 cm³/mol. The summed E-state index contributed by atoms with van der Waals surface area (Å²) in [6.45, 7) is 4.64. The number of rotatable bonds is 10. The van der Waals surface area contributed by atoms with Crippen LogP contribution < -0.4 is 26.2 Å². The molecule has 0 radical (unpaired) electrons. The van der Waals surface area contributed by atoms with Crippen molar-refractivity contribution < 1.29 is 0 Å². The molecule has 13 aromatic carbocycles. The highest BCUT2D eigenvalue weighted by molar-refractivity contribution is 7.00. The van der Waals surface area contributed by atoms with Gasteiger partial charge in [-0.05, 0) is 129 Å². The molecular weight excluding hydrogens is 1180 g/mol. The second-order valence-corrected chi connectivity index (χ2v) is 25.7. The summed E-state index contributed by atoms with van der Waals surface area (Å²) < 4.78 is 2.41. The molecule has 0 atom stereocenters. The van der Waals surface area contributed by atoms with Gasteiger partial charge in [0, 0.05) is 83.6 Å². The molecule has 0 unspecified atom stereocenters. The fourth-order valence-corrected chi connectivity index (χ4v) is 15.4. The van der Waals surface area contributed by atoms with Crippen LogP contribution in [0.1, 0.15) is 25.0 Å². The third-order valence-corrected chi connectivity index (χ3v) is 19.9. The monoisotopic (exact) mass is 1240 g/mol. The number of fused-ring (bicyclic) bond motifs is 10. The van der Waals surface area contributed by atoms with E-state index in [1.165, 1.54) is 44.3 Å². The van der Waals surface area contributed by atoms with Crippen molar-refractivity contribution in [2.75, 3.05) is 9.80 Å². The van der Waals surface area contributed by atoms with Gasteiger partial charge in [-0.2, -0.15) is 0 Å². The average molecular weight is 1240 g/mol. The van der Waals surface area contributed by atoms with E-state index in [1.807, 2.05) is 78.9 Å². The van der Waals surface area contributed by atoms with E-state index >= 15 is 0 Å². The van der Waals surface area contributed by atoms with E-state index in [9.17, 15) is 0 Å². The molecule has 0 saturated heterocycles. The van der Waals surface area contributed by atoms with Crippen LogP contribution in [-0.2, 0) is 5.41 Å². The van der Waals surface area contributed by atoms with Crippen LogP contribution in [0.2, 0.25) is 0 Å². The lowest BCUT2D eigenvalue weighted by atomic mass is 9.33. The highest BCUT2D eigenvalue weighted by atomic mass is 15.2. The van der Waals surface area contributed by atoms with E-state index in [0.717, 1.165) is 100 Å². The molecule has 0 saturated carbocycles. The first-order valence-electron chi connectivity index (χ1n) is 33.0. The first-order chi connectivity index (χ1) is 47.9. The van der Waals surface area contributed by atoms with Crippen molar-refractivity contribution in [3.8, 4) is 96.3 Å². The van der Waals surface area contributed by atoms with Gasteiger partial charge >= 0.3 is 0 Å². The number of aromatic nitrogens is 7. The Labute approximate surface area is 562 Å². The number of anilines is 6. The molecule has 0 N–H and O–H groups in total. The van der Waals surface area contributed by atoms with Crippen molar-refractivity contribution >= 4 is 79.0 Å². The standard InChI is InChI=1S/C87H58BN9/c1-87(2)69-41-20-18-39-64(69)66-53-67-65-40-19-23-44-73(65)97(78(67)54-70(66)87)74-49-47-60(85-90-81(55-27-8-3-9-28-55)89-82(91-85)56-29-10-4-11-30-56)52-68(74)86-93-83(57-31-12-5-13-32-57)92-84(94-86)59-34-26-33-58(51-59)63-48-50-77-79-80(63)96(62-37-16-7-17-38-62)76-46-25-22-43-72(76)88(79)71-42-21-24-45-75(71)95(77)61-35-14-6-15-36-61/h3-54H,1-2H3. The van der Waals surface area contributed by atoms with E-state index in [0.29, 0.717) is 34.9 Å². The topological polar surface area (TPSA) is 88.7 Å². The number of para-hydroxylation sites is 5. The SMILES string of the molecule is CC1(C)c2ccccc2-c2cc3c4ccccc4n(-c4ccc(-c5nc(-c6ccccc6)nc(-c6ccccc6)n5)cc4-c4nc(-c5ccccc5)nc(-c5cccc(-c6ccc7c8c6N(c6ccccc6)c6ccccc6B8c6ccccc6N7c6ccccc6)c5)n4)c3cc21. The van der Waals surface area contributed by atoms with Crippen LogP contribution in [0.25, 0.3) is 118 Å². The highest BCUT2D eigenvalue weighted by Crippen LogP contribution is 2.53. The molecule has 1 aliphatic carbocycles. The maximum atomic E-state index is 5.73. The maximum Gasteiger partial charge on any atom is 0.252 e. The number of nitrogens with zero attached hydrogens (tertiary/aromatic N) is 9. The van der Waals surface area contributed by atoms with Crippen LogP contribution in [0.5, 0.6) is 0 Å². The quantitative estimate of drug-likeness (QED) is 0.125. The van der Waals surface area contributed by atoms with Gasteiger partial charge in [0.15, 0.2) is 34.9 Å². The average Bonchev–Trinajstić information content (AvgIpc) is 0.830. The van der Waals surface area contributed by atoms with Gasteiger partial charge in [-0.25, -0.2) is 29.9 Å². The zero-order valence-corrected chi connectivity index (χ0v) is 53.1. The largest absolute Gasteiger partial charge is 0.311 e. The van der Waals surface area contributed by atoms with Gasteiger partial charge in [-0.1, -0.05) is 244 Å². The predicted octanol–water partition coefficient (Wildman–Crippen LogP) is 19.2. The summed E-state index contributed by atoms with van der Waals surface area (Å²) in [5.41, 5.74) is 25.5. The van der Waals surface area contributed by atoms with Crippen LogP contribution in [0.15, 0.2) is 315 Å². The molecule has 0 amide bonds. The van der Waals surface area contributed by atoms with E-state index in [-0.39, 0.29) is 12.1 Å². The second kappa shape index (κ2) is 22.3. The molecule has 5 heterocycles. The minimum absolute atomic E-state index is 0.0596. The summed E-state index contributed by atoms with van der Waals surface area (Å²) in [4.78, 5) is 37.4. The molecule has 0 fully saturated rings. The third-order valence-electron chi connectivity index (χ3n) is 19.9. The molecule has 3 aromatic heterocycles. The smallest absolute Gasteiger partial charge is 0.252 e. The van der Waals surface area contributed by atoms with Crippen molar-refractivity contribution in [3.05, 3.63) is 327 Å². The summed E-state index contributed by atoms with van der Waals surface area (Å²) in [6, 6.07) is 112. The Hall–Kier alpha value is -12.7. The Morgan fingerprint density at radius 3 is 1.38 bits per heavy atom. The fraction of sp³-hybridized carbons (Fsp3) is 0.0345. The molecule has 0 bridgehead atoms. The highest BCUT2D eigenvalue weighted by Gasteiger charge is 2.44. The van der Waals surface area contributed by atoms with Crippen molar-refractivity contribution in [2.24, 2.45) is 0 Å². The molecule has 2 aliphatic heterocycles. The zero-order chi connectivity index (χ0) is 64.3. The number of benzene rings is 13. The van der Waals surface area contributed by atoms with Crippen molar-refractivity contribution in [1.29, 1.82) is 0 Å². The van der Waals surface area contributed by atoms with Gasteiger partial charge in [-0.3, -0.25) is 0 Å². The molecule has 454 valence electrons. The zero-order valence-electron chi connectivity index (χ0n) is 53.1. The lowest BCUT2D eigenvalue weighted by Crippen LogP contribution is -2.61. The van der Waals surface area contributed by atoms with Crippen molar-refractivity contribution in [1.82, 2.24) is 34.5 Å². The van der Waals surface area contributed by atoms with Crippen LogP contribution in [0.4, 0.5) is 34.1 Å². The Morgan fingerprint density at radius 2 is 0.753 bits per heavy atom. The lowest BCUT2D eigenvalue weighted by molar-refractivity contribution is 0.661. The Morgan fingerprint density at radius 1 is 0.278 bits per heavy atom. The van der Waals surface area contributed by atoms with Gasteiger partial charge in [0.1, 0.15) is 0 Å². The Bertz CT molecular complexity index is 5750. The number of hydrogen-bond acceptors (Lipinski definition) is 8. The minimum atomic E-state index is -0.251. The summed E-state index contributed by atoms with van der Waals surface area (Å²) in [5, 5.41) is 2.30. The summed E-state index contributed by atoms with van der Waals surface area (Å²) in [5.74, 6) is 3.22. The third kappa shape index (κ3) is 9.01. The number of hydrogen-bond donors (Lipinski definition) is 0. The van der Waals surface area contributed by atoms with Crippen LogP contribution in [0, 0.1) is 0 Å². The lowest BCUT2D eigenvalue weighted by Gasteiger charge is -2.45. The van der Waals surface area contributed by atoms with Gasteiger partial charge in [-0.15, -0.1) is 0 Å². The molecular formula is C87H58BN9. The molecule has 97 heavy (non-hydrogen) atoms. The van der Waals surface area contributed by atoms with Gasteiger partial charge in [0.2, 0.25) is 0 Å². The van der Waals surface area contributed by atoms with E-state index < -0.39 is 0 Å². The summed E-state index contributed by atoms with van der Waals surface area (Å²) >= 11 is 0. The summed E-state index contributed by atoms with van der Waals surface area (Å²) in [6.07, 6.45) is 0. The Kier molecular flexibility index (Phi) is 12.8. The minimum Gasteiger partial charge on any atom is -0.311 e. The van der Waals surface area contributed by atoms with Crippen molar-refractivity contribution in [3.63, 3.8) is 0 Å². The van der Waals surface area contributed by atoms with Gasteiger partial charge in [0.25, 0.3) is 6.71 Å². The first-order valence-corrected chi connectivity index (χ1v) is 33.0. The van der Waals surface area contributed by atoms with E-state index in [1.54, 1.807) is 0 Å². The van der Waals surface area contributed by atoms with E-state index in [4.69, 9.17) is 29.9 Å².